The van der Waals surface area contributed by atoms with Crippen LogP contribution < -0.4 is 5.32 Å². The average molecular weight is 331 g/mol. The molecule has 3 nitrogen and oxygen atoms in total. The maximum atomic E-state index is 4.80. The highest BCUT2D eigenvalue weighted by Crippen LogP contribution is 2.25. The van der Waals surface area contributed by atoms with E-state index in [0.717, 1.165) is 47.7 Å². The molecule has 3 aromatic rings. The Bertz CT molecular complexity index is 727. The molecule has 1 aromatic heterocycles. The summed E-state index contributed by atoms with van der Waals surface area (Å²) in [6, 6.07) is 22.9. The lowest BCUT2D eigenvalue weighted by Crippen LogP contribution is -2.19. The summed E-state index contributed by atoms with van der Waals surface area (Å²) in [5, 5.41) is 3.60. The molecule has 1 unspecified atom stereocenters. The molecule has 0 saturated heterocycles. The summed E-state index contributed by atoms with van der Waals surface area (Å²) < 4.78 is 0. The molecule has 0 fully saturated rings. The van der Waals surface area contributed by atoms with Crippen LogP contribution in [0.4, 0.5) is 5.82 Å². The molecule has 0 aliphatic rings. The average Bonchev–Trinajstić information content (AvgIpc) is 2.69. The van der Waals surface area contributed by atoms with E-state index in [4.69, 9.17) is 9.97 Å². The van der Waals surface area contributed by atoms with Gasteiger partial charge in [0.1, 0.15) is 5.82 Å². The molecule has 2 aromatic carbocycles. The summed E-state index contributed by atoms with van der Waals surface area (Å²) in [5.74, 6) is 1.66. The Balaban J connectivity index is 2.02. The number of hydrogen-bond acceptors (Lipinski definition) is 3. The predicted molar refractivity (Wildman–Crippen MR) is 106 cm³/mol. The second kappa shape index (κ2) is 8.43. The minimum atomic E-state index is 0.437. The largest absolute Gasteiger partial charge is 0.367 e. The lowest BCUT2D eigenvalue weighted by Gasteiger charge is -2.18. The first-order chi connectivity index (χ1) is 12.3. The first-order valence-corrected chi connectivity index (χ1v) is 9.06. The summed E-state index contributed by atoms with van der Waals surface area (Å²) in [5.41, 5.74) is 3.09. The van der Waals surface area contributed by atoms with Gasteiger partial charge in [0.25, 0.3) is 0 Å². The summed E-state index contributed by atoms with van der Waals surface area (Å²) in [6.45, 7) is 4.43. The second-order valence-electron chi connectivity index (χ2n) is 6.23. The third kappa shape index (κ3) is 4.44. The Morgan fingerprint density at radius 1 is 0.840 bits per heavy atom. The minimum Gasteiger partial charge on any atom is -0.367 e. The van der Waals surface area contributed by atoms with Gasteiger partial charge in [-0.1, -0.05) is 80.9 Å². The fourth-order valence-corrected chi connectivity index (χ4v) is 2.93. The van der Waals surface area contributed by atoms with Crippen molar-refractivity contribution in [1.82, 2.24) is 9.97 Å². The van der Waals surface area contributed by atoms with Crippen LogP contribution >= 0.6 is 0 Å². The lowest BCUT2D eigenvalue weighted by atomic mass is 10.1. The van der Waals surface area contributed by atoms with E-state index in [0.29, 0.717) is 6.04 Å². The Kier molecular flexibility index (Phi) is 5.78. The standard InChI is InChI=1S/C22H25N3/c1-3-11-19(4-2)23-21-16-20(17-12-7-5-8-13-17)24-22(25-21)18-14-9-6-10-15-18/h5-10,12-16,19H,3-4,11H2,1-2H3,(H,23,24,25). The number of anilines is 1. The van der Waals surface area contributed by atoms with Gasteiger partial charge in [-0.25, -0.2) is 9.97 Å². The van der Waals surface area contributed by atoms with Crippen molar-refractivity contribution < 1.29 is 0 Å². The number of benzene rings is 2. The van der Waals surface area contributed by atoms with Crippen molar-refractivity contribution in [2.45, 2.75) is 39.2 Å². The monoisotopic (exact) mass is 331 g/mol. The topological polar surface area (TPSA) is 37.8 Å². The van der Waals surface area contributed by atoms with Gasteiger partial charge in [-0.3, -0.25) is 0 Å². The van der Waals surface area contributed by atoms with E-state index in [1.165, 1.54) is 0 Å². The highest BCUT2D eigenvalue weighted by Gasteiger charge is 2.11. The van der Waals surface area contributed by atoms with E-state index in [1.807, 2.05) is 36.4 Å². The first-order valence-electron chi connectivity index (χ1n) is 9.06. The first kappa shape index (κ1) is 17.2. The maximum absolute atomic E-state index is 4.80. The van der Waals surface area contributed by atoms with Crippen LogP contribution in [0, 0.1) is 0 Å². The number of rotatable bonds is 7. The van der Waals surface area contributed by atoms with Gasteiger partial charge in [0.05, 0.1) is 5.69 Å². The van der Waals surface area contributed by atoms with Gasteiger partial charge in [-0.2, -0.15) is 0 Å². The Hall–Kier alpha value is -2.68. The van der Waals surface area contributed by atoms with Crippen molar-refractivity contribution in [3.05, 3.63) is 66.7 Å². The molecule has 128 valence electrons. The molecule has 25 heavy (non-hydrogen) atoms. The molecule has 3 heteroatoms. The predicted octanol–water partition coefficient (Wildman–Crippen LogP) is 5.80. The van der Waals surface area contributed by atoms with Crippen molar-refractivity contribution in [3.8, 4) is 22.6 Å². The number of nitrogens with zero attached hydrogens (tertiary/aromatic N) is 2. The van der Waals surface area contributed by atoms with Crippen LogP contribution in [-0.4, -0.2) is 16.0 Å². The van der Waals surface area contributed by atoms with Crippen LogP contribution in [-0.2, 0) is 0 Å². The molecule has 0 spiro atoms. The van der Waals surface area contributed by atoms with E-state index >= 15 is 0 Å². The molecule has 0 amide bonds. The highest BCUT2D eigenvalue weighted by molar-refractivity contribution is 5.67. The summed E-state index contributed by atoms with van der Waals surface area (Å²) in [7, 11) is 0. The third-order valence-electron chi connectivity index (χ3n) is 4.31. The van der Waals surface area contributed by atoms with Gasteiger partial charge >= 0.3 is 0 Å². The van der Waals surface area contributed by atoms with Crippen LogP contribution in [0.1, 0.15) is 33.1 Å². The molecule has 0 aliphatic heterocycles. The summed E-state index contributed by atoms with van der Waals surface area (Å²) >= 11 is 0. The summed E-state index contributed by atoms with van der Waals surface area (Å²) in [4.78, 5) is 9.58. The zero-order valence-corrected chi connectivity index (χ0v) is 14.9. The zero-order chi connectivity index (χ0) is 17.5. The highest BCUT2D eigenvalue weighted by atomic mass is 15.0. The molecule has 0 saturated carbocycles. The van der Waals surface area contributed by atoms with Crippen molar-refractivity contribution in [2.75, 3.05) is 5.32 Å². The van der Waals surface area contributed by atoms with Crippen LogP contribution in [0.25, 0.3) is 22.6 Å². The fourth-order valence-electron chi connectivity index (χ4n) is 2.93. The molecular formula is C22H25N3. The van der Waals surface area contributed by atoms with E-state index < -0.39 is 0 Å². The smallest absolute Gasteiger partial charge is 0.162 e. The second-order valence-corrected chi connectivity index (χ2v) is 6.23. The number of aromatic nitrogens is 2. The molecule has 1 N–H and O–H groups in total. The van der Waals surface area contributed by atoms with Crippen LogP contribution in [0.3, 0.4) is 0 Å². The Morgan fingerprint density at radius 2 is 1.48 bits per heavy atom. The third-order valence-corrected chi connectivity index (χ3v) is 4.31. The quantitative estimate of drug-likeness (QED) is 0.594. The molecule has 0 bridgehead atoms. The van der Waals surface area contributed by atoms with E-state index in [1.54, 1.807) is 0 Å². The van der Waals surface area contributed by atoms with Gasteiger partial charge in [-0.05, 0) is 12.8 Å². The lowest BCUT2D eigenvalue weighted by molar-refractivity contribution is 0.620. The fraction of sp³-hybridized carbons (Fsp3) is 0.273. The van der Waals surface area contributed by atoms with Crippen LogP contribution in [0.2, 0.25) is 0 Å². The van der Waals surface area contributed by atoms with Crippen molar-refractivity contribution >= 4 is 5.82 Å². The molecule has 0 radical (unpaired) electrons. The molecular weight excluding hydrogens is 306 g/mol. The zero-order valence-electron chi connectivity index (χ0n) is 14.9. The van der Waals surface area contributed by atoms with Crippen LogP contribution in [0.5, 0.6) is 0 Å². The van der Waals surface area contributed by atoms with E-state index in [2.05, 4.69) is 49.5 Å². The molecule has 3 rings (SSSR count). The van der Waals surface area contributed by atoms with Gasteiger partial charge in [0, 0.05) is 23.2 Å². The molecule has 1 atom stereocenters. The van der Waals surface area contributed by atoms with Crippen molar-refractivity contribution in [1.29, 1.82) is 0 Å². The van der Waals surface area contributed by atoms with Gasteiger partial charge in [0.2, 0.25) is 0 Å². The normalized spacial score (nSPS) is 11.9. The summed E-state index contributed by atoms with van der Waals surface area (Å²) in [6.07, 6.45) is 3.38. The Morgan fingerprint density at radius 3 is 2.08 bits per heavy atom. The van der Waals surface area contributed by atoms with E-state index in [-0.39, 0.29) is 0 Å². The minimum absolute atomic E-state index is 0.437. The number of nitrogens with one attached hydrogen (secondary N) is 1. The van der Waals surface area contributed by atoms with Crippen molar-refractivity contribution in [2.24, 2.45) is 0 Å². The SMILES string of the molecule is CCCC(CC)Nc1cc(-c2ccccc2)nc(-c2ccccc2)n1. The van der Waals surface area contributed by atoms with Gasteiger partial charge < -0.3 is 5.32 Å². The van der Waals surface area contributed by atoms with Crippen molar-refractivity contribution in [3.63, 3.8) is 0 Å². The van der Waals surface area contributed by atoms with E-state index in [9.17, 15) is 0 Å². The molecule has 1 heterocycles. The number of hydrogen-bond donors (Lipinski definition) is 1. The van der Waals surface area contributed by atoms with Gasteiger partial charge in [-0.15, -0.1) is 0 Å². The van der Waals surface area contributed by atoms with Gasteiger partial charge in [0.15, 0.2) is 5.82 Å². The Labute approximate surface area is 150 Å². The molecule has 0 aliphatic carbocycles. The van der Waals surface area contributed by atoms with Crippen LogP contribution in [0.15, 0.2) is 66.7 Å². The maximum Gasteiger partial charge on any atom is 0.162 e.